The van der Waals surface area contributed by atoms with E-state index in [1.54, 1.807) is 0 Å². The van der Waals surface area contributed by atoms with Crippen molar-refractivity contribution in [2.24, 2.45) is 5.92 Å². The topological polar surface area (TPSA) is 32.3 Å². The molecular weight excluding hydrogens is 236 g/mol. The van der Waals surface area contributed by atoms with Gasteiger partial charge in [-0.15, -0.1) is 0 Å². The molecule has 1 amide bonds. The SMILES string of the molecule is Cc1cccc(CCN(C)C(=O)C2CCCNC2)c1. The lowest BCUT2D eigenvalue weighted by atomic mass is 9.98. The molecule has 1 atom stereocenters. The highest BCUT2D eigenvalue weighted by Crippen LogP contribution is 2.13. The summed E-state index contributed by atoms with van der Waals surface area (Å²) in [6.45, 7) is 4.80. The molecule has 1 fully saturated rings. The van der Waals surface area contributed by atoms with Gasteiger partial charge in [-0.05, 0) is 38.3 Å². The van der Waals surface area contributed by atoms with Gasteiger partial charge >= 0.3 is 0 Å². The molecular formula is C16H24N2O. The second-order valence-electron chi connectivity index (χ2n) is 5.54. The average Bonchev–Trinajstić information content (AvgIpc) is 2.45. The number of benzene rings is 1. The zero-order valence-electron chi connectivity index (χ0n) is 12.0. The molecule has 0 bridgehead atoms. The smallest absolute Gasteiger partial charge is 0.226 e. The highest BCUT2D eigenvalue weighted by Gasteiger charge is 2.23. The van der Waals surface area contributed by atoms with E-state index in [-0.39, 0.29) is 5.92 Å². The van der Waals surface area contributed by atoms with Crippen LogP contribution >= 0.6 is 0 Å². The molecule has 0 aliphatic carbocycles. The average molecular weight is 260 g/mol. The number of nitrogens with one attached hydrogen (secondary N) is 1. The summed E-state index contributed by atoms with van der Waals surface area (Å²) in [5.74, 6) is 0.469. The number of amides is 1. The Morgan fingerprint density at radius 2 is 2.32 bits per heavy atom. The molecule has 1 saturated heterocycles. The van der Waals surface area contributed by atoms with E-state index in [1.165, 1.54) is 11.1 Å². The van der Waals surface area contributed by atoms with Crippen LogP contribution in [-0.2, 0) is 11.2 Å². The van der Waals surface area contributed by atoms with Crippen LogP contribution in [0.25, 0.3) is 0 Å². The van der Waals surface area contributed by atoms with Crippen molar-refractivity contribution in [1.29, 1.82) is 0 Å². The number of carbonyl (C=O) groups excluding carboxylic acids is 1. The van der Waals surface area contributed by atoms with E-state index in [2.05, 4.69) is 36.5 Å². The fourth-order valence-corrected chi connectivity index (χ4v) is 2.65. The summed E-state index contributed by atoms with van der Waals surface area (Å²) in [6.07, 6.45) is 3.08. The zero-order chi connectivity index (χ0) is 13.7. The molecule has 0 saturated carbocycles. The second kappa shape index (κ2) is 6.71. The monoisotopic (exact) mass is 260 g/mol. The number of piperidine rings is 1. The summed E-state index contributed by atoms with van der Waals surface area (Å²) >= 11 is 0. The Bertz CT molecular complexity index is 425. The van der Waals surface area contributed by atoms with Crippen LogP contribution in [0.15, 0.2) is 24.3 Å². The van der Waals surface area contributed by atoms with Gasteiger partial charge in [-0.3, -0.25) is 4.79 Å². The van der Waals surface area contributed by atoms with E-state index in [0.29, 0.717) is 5.91 Å². The van der Waals surface area contributed by atoms with Gasteiger partial charge in [0.2, 0.25) is 5.91 Å². The van der Waals surface area contributed by atoms with Gasteiger partial charge in [-0.25, -0.2) is 0 Å². The molecule has 1 aliphatic heterocycles. The maximum Gasteiger partial charge on any atom is 0.226 e. The largest absolute Gasteiger partial charge is 0.345 e. The summed E-state index contributed by atoms with van der Waals surface area (Å²) in [4.78, 5) is 14.2. The fourth-order valence-electron chi connectivity index (χ4n) is 2.65. The highest BCUT2D eigenvalue weighted by atomic mass is 16.2. The molecule has 1 N–H and O–H groups in total. The first-order valence-electron chi connectivity index (χ1n) is 7.18. The van der Waals surface area contributed by atoms with Crippen molar-refractivity contribution >= 4 is 5.91 Å². The summed E-state index contributed by atoms with van der Waals surface area (Å²) in [5, 5.41) is 3.30. The Morgan fingerprint density at radius 3 is 3.00 bits per heavy atom. The predicted molar refractivity (Wildman–Crippen MR) is 78.1 cm³/mol. The van der Waals surface area contributed by atoms with Crippen LogP contribution in [0.2, 0.25) is 0 Å². The lowest BCUT2D eigenvalue weighted by Gasteiger charge is -2.27. The van der Waals surface area contributed by atoms with E-state index >= 15 is 0 Å². The van der Waals surface area contributed by atoms with Crippen LogP contribution in [-0.4, -0.2) is 37.5 Å². The Morgan fingerprint density at radius 1 is 1.47 bits per heavy atom. The minimum absolute atomic E-state index is 0.177. The highest BCUT2D eigenvalue weighted by molar-refractivity contribution is 5.78. The molecule has 3 heteroatoms. The van der Waals surface area contributed by atoms with Crippen LogP contribution in [0.1, 0.15) is 24.0 Å². The van der Waals surface area contributed by atoms with Crippen molar-refractivity contribution < 1.29 is 4.79 Å². The van der Waals surface area contributed by atoms with E-state index in [9.17, 15) is 4.79 Å². The van der Waals surface area contributed by atoms with Gasteiger partial charge in [0.25, 0.3) is 0 Å². The van der Waals surface area contributed by atoms with Gasteiger partial charge < -0.3 is 10.2 Å². The standard InChI is InChI=1S/C16H24N2O/c1-13-5-3-6-14(11-13)8-10-18(2)16(19)15-7-4-9-17-12-15/h3,5-6,11,15,17H,4,7-10,12H2,1-2H3. The third-order valence-corrected chi connectivity index (χ3v) is 3.84. The summed E-state index contributed by atoms with van der Waals surface area (Å²) in [7, 11) is 1.92. The molecule has 0 spiro atoms. The van der Waals surface area contributed by atoms with Crippen LogP contribution < -0.4 is 5.32 Å². The van der Waals surface area contributed by atoms with E-state index in [4.69, 9.17) is 0 Å². The molecule has 1 aromatic rings. The minimum Gasteiger partial charge on any atom is -0.345 e. The molecule has 3 nitrogen and oxygen atoms in total. The van der Waals surface area contributed by atoms with E-state index < -0.39 is 0 Å². The van der Waals surface area contributed by atoms with Crippen LogP contribution in [0, 0.1) is 12.8 Å². The van der Waals surface area contributed by atoms with Gasteiger partial charge in [0.05, 0.1) is 5.92 Å². The van der Waals surface area contributed by atoms with Crippen LogP contribution in [0.5, 0.6) is 0 Å². The third-order valence-electron chi connectivity index (χ3n) is 3.84. The molecule has 0 aromatic heterocycles. The quantitative estimate of drug-likeness (QED) is 0.898. The fraction of sp³-hybridized carbons (Fsp3) is 0.562. The van der Waals surface area contributed by atoms with Gasteiger partial charge in [-0.2, -0.15) is 0 Å². The first-order valence-corrected chi connectivity index (χ1v) is 7.18. The van der Waals surface area contributed by atoms with Crippen molar-refractivity contribution in [1.82, 2.24) is 10.2 Å². The maximum absolute atomic E-state index is 12.3. The summed E-state index contributed by atoms with van der Waals surface area (Å²) < 4.78 is 0. The summed E-state index contributed by atoms with van der Waals surface area (Å²) in [5.41, 5.74) is 2.59. The molecule has 104 valence electrons. The number of hydrogen-bond donors (Lipinski definition) is 1. The molecule has 1 aromatic carbocycles. The number of carbonyl (C=O) groups is 1. The van der Waals surface area contributed by atoms with E-state index in [0.717, 1.165) is 38.9 Å². The van der Waals surface area contributed by atoms with Crippen molar-refractivity contribution in [2.75, 3.05) is 26.7 Å². The van der Waals surface area contributed by atoms with Crippen LogP contribution in [0.4, 0.5) is 0 Å². The number of nitrogens with zero attached hydrogens (tertiary/aromatic N) is 1. The van der Waals surface area contributed by atoms with Crippen molar-refractivity contribution in [3.8, 4) is 0 Å². The lowest BCUT2D eigenvalue weighted by Crippen LogP contribution is -2.42. The normalized spacial score (nSPS) is 19.2. The molecule has 1 unspecified atom stereocenters. The van der Waals surface area contributed by atoms with Gasteiger partial charge in [0, 0.05) is 20.1 Å². The van der Waals surface area contributed by atoms with Crippen molar-refractivity contribution in [3.05, 3.63) is 35.4 Å². The number of hydrogen-bond acceptors (Lipinski definition) is 2. The van der Waals surface area contributed by atoms with Crippen molar-refractivity contribution in [3.63, 3.8) is 0 Å². The minimum atomic E-state index is 0.177. The first kappa shape index (κ1) is 14.1. The number of likely N-dealkylation sites (N-methyl/N-ethyl adjacent to an activating group) is 1. The number of rotatable bonds is 4. The third kappa shape index (κ3) is 4.06. The number of aryl methyl sites for hydroxylation is 1. The lowest BCUT2D eigenvalue weighted by molar-refractivity contribution is -0.134. The maximum atomic E-state index is 12.3. The predicted octanol–water partition coefficient (Wildman–Crippen LogP) is 2.00. The van der Waals surface area contributed by atoms with Crippen molar-refractivity contribution in [2.45, 2.75) is 26.2 Å². The second-order valence-corrected chi connectivity index (χ2v) is 5.54. The van der Waals surface area contributed by atoms with Gasteiger partial charge in [-0.1, -0.05) is 29.8 Å². The molecule has 19 heavy (non-hydrogen) atoms. The Labute approximate surface area is 116 Å². The molecule has 0 radical (unpaired) electrons. The Hall–Kier alpha value is -1.35. The Kier molecular flexibility index (Phi) is 4.97. The van der Waals surface area contributed by atoms with Gasteiger partial charge in [0.15, 0.2) is 0 Å². The first-order chi connectivity index (χ1) is 9.16. The molecule has 1 heterocycles. The zero-order valence-corrected chi connectivity index (χ0v) is 12.0. The van der Waals surface area contributed by atoms with E-state index in [1.807, 2.05) is 11.9 Å². The van der Waals surface area contributed by atoms with Crippen LogP contribution in [0.3, 0.4) is 0 Å². The van der Waals surface area contributed by atoms with Gasteiger partial charge in [0.1, 0.15) is 0 Å². The molecule has 1 aliphatic rings. The Balaban J connectivity index is 1.83. The summed E-state index contributed by atoms with van der Waals surface area (Å²) in [6, 6.07) is 8.51. The molecule has 2 rings (SSSR count).